The molecule has 1 aliphatic rings. The van der Waals surface area contributed by atoms with Gasteiger partial charge in [-0.3, -0.25) is 24.0 Å². The molecule has 1 heterocycles. The highest BCUT2D eigenvalue weighted by atomic mass is 16.5. The van der Waals surface area contributed by atoms with Gasteiger partial charge in [0.15, 0.2) is 0 Å². The molecule has 0 unspecified atom stereocenters. The molecule has 0 spiro atoms. The molecule has 1 fully saturated rings. The number of nitrogens with one attached hydrogen (secondary N) is 3. The molecular weight excluding hydrogens is 502 g/mol. The molecular formula is C28H43N5O6. The molecule has 3 N–H and O–H groups in total. The Labute approximate surface area is 231 Å². The van der Waals surface area contributed by atoms with Crippen LogP contribution in [0.2, 0.25) is 0 Å². The predicted octanol–water partition coefficient (Wildman–Crippen LogP) is 0.475. The van der Waals surface area contributed by atoms with Crippen LogP contribution in [0, 0.1) is 5.92 Å². The third-order valence-corrected chi connectivity index (χ3v) is 6.50. The number of carbonyl (C=O) groups excluding carboxylic acids is 5. The van der Waals surface area contributed by atoms with Crippen molar-refractivity contribution in [2.24, 2.45) is 5.92 Å². The predicted molar refractivity (Wildman–Crippen MR) is 146 cm³/mol. The van der Waals surface area contributed by atoms with E-state index < -0.39 is 35.8 Å². The van der Waals surface area contributed by atoms with Gasteiger partial charge in [-0.1, -0.05) is 44.2 Å². The van der Waals surface area contributed by atoms with Crippen molar-refractivity contribution in [1.29, 1.82) is 0 Å². The van der Waals surface area contributed by atoms with E-state index in [0.717, 1.165) is 5.56 Å². The minimum atomic E-state index is -0.905. The van der Waals surface area contributed by atoms with Crippen LogP contribution < -0.4 is 16.0 Å². The van der Waals surface area contributed by atoms with Crippen LogP contribution in [0.4, 0.5) is 0 Å². The summed E-state index contributed by atoms with van der Waals surface area (Å²) in [5.41, 5.74) is 0.870. The van der Waals surface area contributed by atoms with Crippen molar-refractivity contribution in [2.75, 3.05) is 33.3 Å². The zero-order valence-corrected chi connectivity index (χ0v) is 23.9. The summed E-state index contributed by atoms with van der Waals surface area (Å²) in [6.07, 6.45) is 0.479. The van der Waals surface area contributed by atoms with Crippen LogP contribution in [0.5, 0.6) is 0 Å². The average Bonchev–Trinajstić information content (AvgIpc) is 2.88. The summed E-state index contributed by atoms with van der Waals surface area (Å²) in [7, 11) is 1.47. The molecule has 1 aromatic rings. The normalized spacial score (nSPS) is 22.5. The second-order valence-electron chi connectivity index (χ2n) is 10.5. The zero-order chi connectivity index (χ0) is 29.1. The van der Waals surface area contributed by atoms with E-state index in [1.807, 2.05) is 44.2 Å². The van der Waals surface area contributed by atoms with E-state index in [4.69, 9.17) is 4.74 Å². The van der Waals surface area contributed by atoms with Crippen LogP contribution in [0.15, 0.2) is 30.3 Å². The average molecular weight is 546 g/mol. The van der Waals surface area contributed by atoms with Crippen LogP contribution in [-0.4, -0.2) is 96.9 Å². The molecule has 3 atom stereocenters. The van der Waals surface area contributed by atoms with Crippen LogP contribution >= 0.6 is 0 Å². The molecule has 0 bridgehead atoms. The van der Waals surface area contributed by atoms with Crippen molar-refractivity contribution >= 4 is 29.5 Å². The lowest BCUT2D eigenvalue weighted by atomic mass is 10.0. The number of rotatable bonds is 6. The van der Waals surface area contributed by atoms with Gasteiger partial charge >= 0.3 is 0 Å². The van der Waals surface area contributed by atoms with Gasteiger partial charge in [-0.15, -0.1) is 0 Å². The van der Waals surface area contributed by atoms with E-state index in [1.165, 1.54) is 16.8 Å². The topological polar surface area (TPSA) is 137 Å². The smallest absolute Gasteiger partial charge is 0.249 e. The third-order valence-electron chi connectivity index (χ3n) is 6.50. The number of benzene rings is 1. The molecule has 0 aliphatic carbocycles. The van der Waals surface area contributed by atoms with Crippen molar-refractivity contribution in [3.8, 4) is 0 Å². The lowest BCUT2D eigenvalue weighted by Gasteiger charge is -2.32. The number of amides is 5. The minimum Gasteiger partial charge on any atom is -0.369 e. The van der Waals surface area contributed by atoms with Gasteiger partial charge < -0.3 is 30.5 Å². The Morgan fingerprint density at radius 3 is 2.31 bits per heavy atom. The van der Waals surface area contributed by atoms with Crippen molar-refractivity contribution in [1.82, 2.24) is 25.8 Å². The van der Waals surface area contributed by atoms with E-state index >= 15 is 0 Å². The molecule has 39 heavy (non-hydrogen) atoms. The van der Waals surface area contributed by atoms with Crippen molar-refractivity contribution in [2.45, 2.75) is 71.7 Å². The largest absolute Gasteiger partial charge is 0.369 e. The summed E-state index contributed by atoms with van der Waals surface area (Å²) >= 11 is 0. The van der Waals surface area contributed by atoms with Crippen molar-refractivity contribution < 1.29 is 28.7 Å². The molecule has 11 heteroatoms. The monoisotopic (exact) mass is 545 g/mol. The molecule has 11 nitrogen and oxygen atoms in total. The number of ether oxygens (including phenoxy) is 1. The standard InChI is InChI=1S/C28H43N5O6/c1-18(2)25-28(38)32(6)16-23(34)30-22(15-21-11-8-7-9-12-21)27(37)29-13-10-14-33(20(5)26(36)31-25)24(35)17-39-19(3)4/h7-9,11-12,18-20,22,25H,10,13-17H2,1-6H3,(H,29,37)(H,30,34)(H,31,36)/t20-,22+,25+/m1/s1. The Morgan fingerprint density at radius 2 is 1.69 bits per heavy atom. The van der Waals surface area contributed by atoms with Gasteiger partial charge in [0.1, 0.15) is 24.7 Å². The fourth-order valence-corrected chi connectivity index (χ4v) is 4.20. The lowest BCUT2D eigenvalue weighted by Crippen LogP contribution is -2.58. The van der Waals surface area contributed by atoms with Gasteiger partial charge in [0, 0.05) is 26.6 Å². The van der Waals surface area contributed by atoms with E-state index in [1.54, 1.807) is 20.8 Å². The third kappa shape index (κ3) is 9.97. The Morgan fingerprint density at radius 1 is 1.03 bits per heavy atom. The van der Waals surface area contributed by atoms with Crippen LogP contribution in [0.25, 0.3) is 0 Å². The maximum absolute atomic E-state index is 13.3. The molecule has 1 aromatic carbocycles. The van der Waals surface area contributed by atoms with Gasteiger partial charge in [0.2, 0.25) is 29.5 Å². The van der Waals surface area contributed by atoms with Gasteiger partial charge in [-0.25, -0.2) is 0 Å². The Balaban J connectivity index is 2.33. The molecule has 0 radical (unpaired) electrons. The second kappa shape index (κ2) is 15.2. The molecule has 5 amide bonds. The maximum atomic E-state index is 13.3. The summed E-state index contributed by atoms with van der Waals surface area (Å²) in [5.74, 6) is -2.44. The Hall–Kier alpha value is -3.47. The molecule has 1 aliphatic heterocycles. The maximum Gasteiger partial charge on any atom is 0.249 e. The summed E-state index contributed by atoms with van der Waals surface area (Å²) in [6.45, 7) is 8.74. The Bertz CT molecular complexity index is 999. The summed E-state index contributed by atoms with van der Waals surface area (Å²) < 4.78 is 5.47. The summed E-state index contributed by atoms with van der Waals surface area (Å²) in [5, 5.41) is 8.35. The zero-order valence-electron chi connectivity index (χ0n) is 23.9. The first-order valence-electron chi connectivity index (χ1n) is 13.5. The SMILES string of the molecule is CC(C)OCC(=O)N1CCCNC(=O)[C@H](Cc2ccccc2)NC(=O)CN(C)C(=O)[C@H](C(C)C)NC(=O)[C@H]1C. The molecule has 0 saturated carbocycles. The first kappa shape index (κ1) is 31.7. The highest BCUT2D eigenvalue weighted by Crippen LogP contribution is 2.10. The summed E-state index contributed by atoms with van der Waals surface area (Å²) in [4.78, 5) is 68.0. The van der Waals surface area contributed by atoms with Gasteiger partial charge in [0.05, 0.1) is 12.6 Å². The fourth-order valence-electron chi connectivity index (χ4n) is 4.20. The number of nitrogens with zero attached hydrogens (tertiary/aromatic N) is 2. The molecule has 216 valence electrons. The van der Waals surface area contributed by atoms with Gasteiger partial charge in [0.25, 0.3) is 0 Å². The first-order valence-corrected chi connectivity index (χ1v) is 13.5. The number of hydrogen-bond donors (Lipinski definition) is 3. The van der Waals surface area contributed by atoms with E-state index in [9.17, 15) is 24.0 Å². The van der Waals surface area contributed by atoms with Crippen molar-refractivity contribution in [3.05, 3.63) is 35.9 Å². The van der Waals surface area contributed by atoms with Gasteiger partial charge in [-0.05, 0) is 38.7 Å². The number of carbonyl (C=O) groups is 5. The van der Waals surface area contributed by atoms with Crippen LogP contribution in [0.1, 0.15) is 46.6 Å². The van der Waals surface area contributed by atoms with Gasteiger partial charge in [-0.2, -0.15) is 0 Å². The molecule has 1 saturated heterocycles. The van der Waals surface area contributed by atoms with Crippen LogP contribution in [0.3, 0.4) is 0 Å². The van der Waals surface area contributed by atoms with E-state index in [-0.39, 0.29) is 56.5 Å². The number of hydrogen-bond acceptors (Lipinski definition) is 6. The van der Waals surface area contributed by atoms with Crippen LogP contribution in [-0.2, 0) is 35.1 Å². The van der Waals surface area contributed by atoms with E-state index in [2.05, 4.69) is 16.0 Å². The minimum absolute atomic E-state index is 0.167. The molecule has 2 rings (SSSR count). The summed E-state index contributed by atoms with van der Waals surface area (Å²) in [6, 6.07) is 6.67. The lowest BCUT2D eigenvalue weighted by molar-refractivity contribution is -0.146. The van der Waals surface area contributed by atoms with Crippen molar-refractivity contribution in [3.63, 3.8) is 0 Å². The Kier molecular flexibility index (Phi) is 12.4. The highest BCUT2D eigenvalue weighted by Gasteiger charge is 2.33. The molecule has 0 aromatic heterocycles. The first-order chi connectivity index (χ1) is 18.4. The highest BCUT2D eigenvalue weighted by molar-refractivity contribution is 5.94. The fraction of sp³-hybridized carbons (Fsp3) is 0.607. The quantitative estimate of drug-likeness (QED) is 0.476. The van der Waals surface area contributed by atoms with E-state index in [0.29, 0.717) is 6.42 Å². The number of likely N-dealkylation sites (N-methyl/N-ethyl adjacent to an activating group) is 1. The second-order valence-corrected chi connectivity index (χ2v) is 10.5.